The van der Waals surface area contributed by atoms with Gasteiger partial charge in [0.05, 0.1) is 4.91 Å². The first-order valence-electron chi connectivity index (χ1n) is 8.19. The van der Waals surface area contributed by atoms with Crippen molar-refractivity contribution in [2.75, 3.05) is 13.2 Å². The molecule has 0 bridgehead atoms. The van der Waals surface area contributed by atoms with Gasteiger partial charge in [0.25, 0.3) is 11.1 Å². The predicted molar refractivity (Wildman–Crippen MR) is 102 cm³/mol. The molecule has 0 saturated carbocycles. The van der Waals surface area contributed by atoms with E-state index >= 15 is 0 Å². The van der Waals surface area contributed by atoms with Crippen LogP contribution in [0.1, 0.15) is 16.7 Å². The minimum atomic E-state index is -0.358. The molecule has 2 aromatic rings. The quantitative estimate of drug-likeness (QED) is 0.614. The van der Waals surface area contributed by atoms with E-state index in [0.29, 0.717) is 18.1 Å². The Balaban J connectivity index is 1.49. The zero-order valence-corrected chi connectivity index (χ0v) is 15.4. The molecule has 2 aromatic carbocycles. The first-order chi connectivity index (χ1) is 12.5. The van der Waals surface area contributed by atoms with Gasteiger partial charge in [-0.2, -0.15) is 0 Å². The zero-order chi connectivity index (χ0) is 18.5. The molecule has 26 heavy (non-hydrogen) atoms. The molecule has 1 aliphatic rings. The largest absolute Gasteiger partial charge is 0.490 e. The molecular weight excluding hydrogens is 350 g/mol. The summed E-state index contributed by atoms with van der Waals surface area (Å²) in [7, 11) is 0. The normalized spacial score (nSPS) is 15.2. The number of aryl methyl sites for hydroxylation is 2. The van der Waals surface area contributed by atoms with Gasteiger partial charge in [-0.3, -0.25) is 14.9 Å². The van der Waals surface area contributed by atoms with Crippen molar-refractivity contribution < 1.29 is 19.1 Å². The second kappa shape index (κ2) is 8.10. The van der Waals surface area contributed by atoms with Crippen molar-refractivity contribution in [3.8, 4) is 11.5 Å². The average molecular weight is 369 g/mol. The maximum absolute atomic E-state index is 11.5. The zero-order valence-electron chi connectivity index (χ0n) is 14.6. The molecule has 0 spiro atoms. The van der Waals surface area contributed by atoms with Gasteiger partial charge in [-0.15, -0.1) is 0 Å². The lowest BCUT2D eigenvalue weighted by Gasteiger charge is -2.11. The van der Waals surface area contributed by atoms with Crippen molar-refractivity contribution in [3.05, 3.63) is 64.1 Å². The third-order valence-corrected chi connectivity index (χ3v) is 4.57. The molecule has 0 aliphatic carbocycles. The maximum Gasteiger partial charge on any atom is 0.290 e. The van der Waals surface area contributed by atoms with Crippen molar-refractivity contribution in [3.63, 3.8) is 0 Å². The van der Waals surface area contributed by atoms with E-state index < -0.39 is 0 Å². The molecule has 0 aromatic heterocycles. The molecule has 5 nitrogen and oxygen atoms in total. The summed E-state index contributed by atoms with van der Waals surface area (Å²) < 4.78 is 11.4. The average Bonchev–Trinajstić information content (AvgIpc) is 2.92. The van der Waals surface area contributed by atoms with E-state index in [-0.39, 0.29) is 11.1 Å². The molecule has 6 heteroatoms. The van der Waals surface area contributed by atoms with Gasteiger partial charge in [-0.25, -0.2) is 0 Å². The Kier molecular flexibility index (Phi) is 5.63. The molecule has 1 aliphatic heterocycles. The summed E-state index contributed by atoms with van der Waals surface area (Å²) >= 11 is 0.903. The Morgan fingerprint density at radius 2 is 1.73 bits per heavy atom. The third-order valence-electron chi connectivity index (χ3n) is 3.76. The highest BCUT2D eigenvalue weighted by Crippen LogP contribution is 2.26. The summed E-state index contributed by atoms with van der Waals surface area (Å²) in [6.07, 6.45) is 1.68. The fourth-order valence-electron chi connectivity index (χ4n) is 2.51. The Bertz CT molecular complexity index is 859. The molecule has 2 amide bonds. The number of carbonyl (C=O) groups is 2. The lowest BCUT2D eigenvalue weighted by Crippen LogP contribution is -2.17. The molecule has 134 valence electrons. The number of imide groups is 1. The third kappa shape index (κ3) is 4.67. The SMILES string of the molecule is Cc1ccc(OCCOc2ccc(/C=C3/SC(=O)NC3=O)cc2)c(C)c1. The number of ether oxygens (including phenoxy) is 2. The van der Waals surface area contributed by atoms with Gasteiger partial charge in [0.2, 0.25) is 0 Å². The lowest BCUT2D eigenvalue weighted by molar-refractivity contribution is -0.115. The van der Waals surface area contributed by atoms with Crippen LogP contribution in [0.15, 0.2) is 47.4 Å². The molecular formula is C20H19NO4S. The van der Waals surface area contributed by atoms with E-state index in [1.807, 2.05) is 43.3 Å². The van der Waals surface area contributed by atoms with E-state index in [1.54, 1.807) is 6.08 Å². The molecule has 1 heterocycles. The number of hydrogen-bond donors (Lipinski definition) is 1. The van der Waals surface area contributed by atoms with Crippen molar-refractivity contribution in [1.82, 2.24) is 5.32 Å². The van der Waals surface area contributed by atoms with Crippen LogP contribution in [0, 0.1) is 13.8 Å². The van der Waals surface area contributed by atoms with Gasteiger partial charge in [-0.1, -0.05) is 29.8 Å². The minimum absolute atomic E-state index is 0.343. The Morgan fingerprint density at radius 1 is 1.00 bits per heavy atom. The van der Waals surface area contributed by atoms with Crippen LogP contribution < -0.4 is 14.8 Å². The summed E-state index contributed by atoms with van der Waals surface area (Å²) in [6.45, 7) is 4.96. The van der Waals surface area contributed by atoms with Crippen molar-refractivity contribution in [2.24, 2.45) is 0 Å². The highest BCUT2D eigenvalue weighted by Gasteiger charge is 2.24. The molecule has 0 radical (unpaired) electrons. The summed E-state index contributed by atoms with van der Waals surface area (Å²) in [4.78, 5) is 23.1. The second-order valence-electron chi connectivity index (χ2n) is 5.89. The highest BCUT2D eigenvalue weighted by atomic mass is 32.2. The highest BCUT2D eigenvalue weighted by molar-refractivity contribution is 8.18. The number of hydrogen-bond acceptors (Lipinski definition) is 5. The van der Waals surface area contributed by atoms with Gasteiger partial charge >= 0.3 is 0 Å². The summed E-state index contributed by atoms with van der Waals surface area (Å²) in [5.41, 5.74) is 3.14. The number of thioether (sulfide) groups is 1. The van der Waals surface area contributed by atoms with Crippen LogP contribution in [-0.4, -0.2) is 24.4 Å². The summed E-state index contributed by atoms with van der Waals surface area (Å²) in [5.74, 6) is 1.22. The van der Waals surface area contributed by atoms with Crippen molar-refractivity contribution in [1.29, 1.82) is 0 Å². The van der Waals surface area contributed by atoms with Gasteiger partial charge < -0.3 is 9.47 Å². The van der Waals surface area contributed by atoms with E-state index in [2.05, 4.69) is 18.3 Å². The van der Waals surface area contributed by atoms with E-state index in [9.17, 15) is 9.59 Å². The smallest absolute Gasteiger partial charge is 0.290 e. The van der Waals surface area contributed by atoms with Gasteiger partial charge in [0, 0.05) is 0 Å². The maximum atomic E-state index is 11.5. The number of benzene rings is 2. The van der Waals surface area contributed by atoms with Gasteiger partial charge in [0.15, 0.2) is 0 Å². The van der Waals surface area contributed by atoms with Crippen LogP contribution in [0.25, 0.3) is 6.08 Å². The Morgan fingerprint density at radius 3 is 2.38 bits per heavy atom. The van der Waals surface area contributed by atoms with E-state index in [1.165, 1.54) is 5.56 Å². The first-order valence-corrected chi connectivity index (χ1v) is 9.01. The van der Waals surface area contributed by atoms with Crippen molar-refractivity contribution >= 4 is 29.0 Å². The lowest BCUT2D eigenvalue weighted by atomic mass is 10.1. The Hall–Kier alpha value is -2.73. The monoisotopic (exact) mass is 369 g/mol. The molecule has 0 atom stereocenters. The molecule has 1 saturated heterocycles. The van der Waals surface area contributed by atoms with E-state index in [0.717, 1.165) is 34.4 Å². The number of nitrogens with one attached hydrogen (secondary N) is 1. The second-order valence-corrected chi connectivity index (χ2v) is 6.90. The van der Waals surface area contributed by atoms with Crippen LogP contribution in [-0.2, 0) is 4.79 Å². The van der Waals surface area contributed by atoms with Crippen LogP contribution in [0.3, 0.4) is 0 Å². The summed E-state index contributed by atoms with van der Waals surface area (Å²) in [6, 6.07) is 13.4. The predicted octanol–water partition coefficient (Wildman–Crippen LogP) is 4.09. The topological polar surface area (TPSA) is 64.6 Å². The van der Waals surface area contributed by atoms with E-state index in [4.69, 9.17) is 9.47 Å². The van der Waals surface area contributed by atoms with Crippen LogP contribution in [0.4, 0.5) is 4.79 Å². The molecule has 0 unspecified atom stereocenters. The number of carbonyl (C=O) groups excluding carboxylic acids is 2. The van der Waals surface area contributed by atoms with Gasteiger partial charge in [0.1, 0.15) is 24.7 Å². The van der Waals surface area contributed by atoms with Crippen LogP contribution in [0.2, 0.25) is 0 Å². The van der Waals surface area contributed by atoms with Crippen molar-refractivity contribution in [2.45, 2.75) is 13.8 Å². The summed E-state index contributed by atoms with van der Waals surface area (Å²) in [5, 5.41) is 1.89. The van der Waals surface area contributed by atoms with Gasteiger partial charge in [-0.05, 0) is 61.0 Å². The van der Waals surface area contributed by atoms with Crippen LogP contribution in [0.5, 0.6) is 11.5 Å². The first kappa shape index (κ1) is 18.1. The molecule has 1 fully saturated rings. The standard InChI is InChI=1S/C20H19NO4S/c1-13-3-8-17(14(2)11-13)25-10-9-24-16-6-4-15(5-7-16)12-18-19(22)21-20(23)26-18/h3-8,11-12H,9-10H2,1-2H3,(H,21,22,23)/b18-12+. The fraction of sp³-hybridized carbons (Fsp3) is 0.200. The number of rotatable bonds is 6. The molecule has 3 rings (SSSR count). The minimum Gasteiger partial charge on any atom is -0.490 e. The van der Waals surface area contributed by atoms with Crippen LogP contribution >= 0.6 is 11.8 Å². The number of amides is 2. The molecule has 1 N–H and O–H groups in total. The Labute approximate surface area is 156 Å². The fourth-order valence-corrected chi connectivity index (χ4v) is 3.19.